The Morgan fingerprint density at radius 2 is 1.67 bits per heavy atom. The van der Waals surface area contributed by atoms with Crippen molar-refractivity contribution in [1.29, 1.82) is 0 Å². The zero-order valence-electron chi connectivity index (χ0n) is 13.1. The van der Waals surface area contributed by atoms with Crippen LogP contribution < -0.4 is 5.32 Å². The van der Waals surface area contributed by atoms with Gasteiger partial charge >= 0.3 is 0 Å². The van der Waals surface area contributed by atoms with Crippen molar-refractivity contribution in [3.63, 3.8) is 0 Å². The molecule has 0 aromatic heterocycles. The minimum atomic E-state index is 0.476. The molecule has 2 heteroatoms. The van der Waals surface area contributed by atoms with Gasteiger partial charge in [0.15, 0.2) is 0 Å². The van der Waals surface area contributed by atoms with Crippen molar-refractivity contribution in [2.24, 2.45) is 0 Å². The van der Waals surface area contributed by atoms with Crippen LogP contribution in [0.5, 0.6) is 0 Å². The summed E-state index contributed by atoms with van der Waals surface area (Å²) in [5.74, 6) is 0.476. The third kappa shape index (κ3) is 4.69. The van der Waals surface area contributed by atoms with Gasteiger partial charge in [0.25, 0.3) is 0 Å². The molecule has 0 saturated heterocycles. The van der Waals surface area contributed by atoms with Gasteiger partial charge in [-0.2, -0.15) is 0 Å². The summed E-state index contributed by atoms with van der Waals surface area (Å²) in [4.78, 5) is 0. The van der Waals surface area contributed by atoms with Crippen LogP contribution in [0.15, 0.2) is 53.0 Å². The van der Waals surface area contributed by atoms with Crippen LogP contribution in [0.3, 0.4) is 0 Å². The molecule has 0 aliphatic rings. The maximum absolute atomic E-state index is 3.71. The molecule has 0 heterocycles. The molecule has 0 fully saturated rings. The number of aryl methyl sites for hydroxylation is 1. The summed E-state index contributed by atoms with van der Waals surface area (Å²) in [6.45, 7) is 7.59. The third-order valence-corrected chi connectivity index (χ3v) is 4.57. The molecule has 0 spiro atoms. The second kappa shape index (κ2) is 7.77. The van der Waals surface area contributed by atoms with Crippen LogP contribution in [0.4, 0.5) is 0 Å². The monoisotopic (exact) mass is 345 g/mol. The highest BCUT2D eigenvalue weighted by Crippen LogP contribution is 2.28. The van der Waals surface area contributed by atoms with E-state index < -0.39 is 0 Å². The maximum Gasteiger partial charge on any atom is 0.0210 e. The Bertz CT molecular complexity index is 577. The maximum atomic E-state index is 3.71. The molecule has 0 bridgehead atoms. The first kappa shape index (κ1) is 16.3. The van der Waals surface area contributed by atoms with Crippen LogP contribution in [0, 0.1) is 6.92 Å². The number of hydrogen-bond donors (Lipinski definition) is 1. The first-order valence-corrected chi connectivity index (χ1v) is 8.39. The van der Waals surface area contributed by atoms with Gasteiger partial charge in [-0.1, -0.05) is 72.2 Å². The lowest BCUT2D eigenvalue weighted by atomic mass is 9.90. The van der Waals surface area contributed by atoms with Gasteiger partial charge in [-0.05, 0) is 36.1 Å². The highest BCUT2D eigenvalue weighted by atomic mass is 79.9. The van der Waals surface area contributed by atoms with Gasteiger partial charge in [0, 0.05) is 23.0 Å². The summed E-state index contributed by atoms with van der Waals surface area (Å²) in [7, 11) is 0. The van der Waals surface area contributed by atoms with E-state index in [0.29, 0.717) is 12.0 Å². The summed E-state index contributed by atoms with van der Waals surface area (Å²) in [5.41, 5.74) is 4.19. The van der Waals surface area contributed by atoms with Gasteiger partial charge in [-0.15, -0.1) is 0 Å². The molecule has 1 nitrogen and oxygen atoms in total. The molecule has 2 aromatic rings. The van der Waals surface area contributed by atoms with Crippen LogP contribution >= 0.6 is 15.9 Å². The molecular formula is C19H24BrN. The number of rotatable bonds is 6. The van der Waals surface area contributed by atoms with E-state index in [4.69, 9.17) is 0 Å². The molecule has 1 unspecified atom stereocenters. The summed E-state index contributed by atoms with van der Waals surface area (Å²) < 4.78 is 1.20. The highest BCUT2D eigenvalue weighted by Gasteiger charge is 2.16. The molecule has 2 aromatic carbocycles. The fourth-order valence-electron chi connectivity index (χ4n) is 2.58. The van der Waals surface area contributed by atoms with Crippen LogP contribution in [-0.4, -0.2) is 12.6 Å². The largest absolute Gasteiger partial charge is 0.314 e. The van der Waals surface area contributed by atoms with E-state index in [2.05, 4.69) is 90.5 Å². The summed E-state index contributed by atoms with van der Waals surface area (Å²) in [5, 5.41) is 3.59. The smallest absolute Gasteiger partial charge is 0.0210 e. The van der Waals surface area contributed by atoms with Gasteiger partial charge < -0.3 is 5.32 Å². The first-order chi connectivity index (χ1) is 10.1. The molecular weight excluding hydrogens is 322 g/mol. The molecule has 1 atom stereocenters. The number of nitrogens with one attached hydrogen (secondary N) is 1. The fourth-order valence-corrected chi connectivity index (χ4v) is 3.19. The van der Waals surface area contributed by atoms with E-state index in [1.165, 1.54) is 21.2 Å². The standard InChI is InChI=1S/C19H24BrN/c1-14(2)21-13-17(18-10-6-7-11-19(18)20)12-16-9-5-4-8-15(16)3/h4-11,14,17,21H,12-13H2,1-3H3. The number of halogens is 1. The summed E-state index contributed by atoms with van der Waals surface area (Å²) >= 11 is 3.71. The minimum absolute atomic E-state index is 0.476. The van der Waals surface area contributed by atoms with E-state index in [0.717, 1.165) is 13.0 Å². The van der Waals surface area contributed by atoms with Crippen LogP contribution in [0.25, 0.3) is 0 Å². The lowest BCUT2D eigenvalue weighted by Gasteiger charge is -2.22. The molecule has 21 heavy (non-hydrogen) atoms. The molecule has 112 valence electrons. The van der Waals surface area contributed by atoms with E-state index >= 15 is 0 Å². The number of benzene rings is 2. The first-order valence-electron chi connectivity index (χ1n) is 7.60. The van der Waals surface area contributed by atoms with Crippen molar-refractivity contribution in [1.82, 2.24) is 5.32 Å². The van der Waals surface area contributed by atoms with Crippen LogP contribution in [-0.2, 0) is 6.42 Å². The average molecular weight is 346 g/mol. The minimum Gasteiger partial charge on any atom is -0.314 e. The Balaban J connectivity index is 2.24. The van der Waals surface area contributed by atoms with E-state index in [1.54, 1.807) is 0 Å². The Morgan fingerprint density at radius 1 is 1.00 bits per heavy atom. The lowest BCUT2D eigenvalue weighted by Crippen LogP contribution is -2.29. The molecule has 0 radical (unpaired) electrons. The molecule has 1 N–H and O–H groups in total. The zero-order valence-corrected chi connectivity index (χ0v) is 14.7. The predicted octanol–water partition coefficient (Wildman–Crippen LogP) is 5.08. The Hall–Kier alpha value is -1.12. The SMILES string of the molecule is Cc1ccccc1CC(CNC(C)C)c1ccccc1Br. The van der Waals surface area contributed by atoms with E-state index in [9.17, 15) is 0 Å². The molecule has 0 aliphatic heterocycles. The summed E-state index contributed by atoms with van der Waals surface area (Å²) in [6, 6.07) is 17.8. The van der Waals surface area contributed by atoms with Gasteiger partial charge in [0.05, 0.1) is 0 Å². The van der Waals surface area contributed by atoms with Gasteiger partial charge in [0.1, 0.15) is 0 Å². The highest BCUT2D eigenvalue weighted by molar-refractivity contribution is 9.10. The van der Waals surface area contributed by atoms with Crippen molar-refractivity contribution in [3.05, 3.63) is 69.7 Å². The zero-order chi connectivity index (χ0) is 15.2. The Labute approximate surface area is 136 Å². The Morgan fingerprint density at radius 3 is 2.33 bits per heavy atom. The van der Waals surface area contributed by atoms with E-state index in [-0.39, 0.29) is 0 Å². The molecule has 2 rings (SSSR count). The van der Waals surface area contributed by atoms with Crippen molar-refractivity contribution in [2.45, 2.75) is 39.2 Å². The molecule has 0 saturated carbocycles. The lowest BCUT2D eigenvalue weighted by molar-refractivity contribution is 0.525. The second-order valence-corrected chi connectivity index (χ2v) is 6.77. The van der Waals surface area contributed by atoms with Crippen molar-refractivity contribution in [2.75, 3.05) is 6.54 Å². The summed E-state index contributed by atoms with van der Waals surface area (Å²) in [6.07, 6.45) is 1.06. The van der Waals surface area contributed by atoms with E-state index in [1.807, 2.05) is 0 Å². The Kier molecular flexibility index (Phi) is 6.01. The fraction of sp³-hybridized carbons (Fsp3) is 0.368. The van der Waals surface area contributed by atoms with Crippen molar-refractivity contribution < 1.29 is 0 Å². The number of hydrogen-bond acceptors (Lipinski definition) is 1. The molecule has 0 amide bonds. The van der Waals surface area contributed by atoms with Gasteiger partial charge in [0.2, 0.25) is 0 Å². The molecule has 0 aliphatic carbocycles. The second-order valence-electron chi connectivity index (χ2n) is 5.91. The van der Waals surface area contributed by atoms with Gasteiger partial charge in [-0.3, -0.25) is 0 Å². The third-order valence-electron chi connectivity index (χ3n) is 3.85. The van der Waals surface area contributed by atoms with Crippen molar-refractivity contribution in [3.8, 4) is 0 Å². The topological polar surface area (TPSA) is 12.0 Å². The van der Waals surface area contributed by atoms with Crippen LogP contribution in [0.1, 0.15) is 36.5 Å². The average Bonchev–Trinajstić information content (AvgIpc) is 2.46. The van der Waals surface area contributed by atoms with Crippen LogP contribution in [0.2, 0.25) is 0 Å². The predicted molar refractivity (Wildman–Crippen MR) is 94.9 cm³/mol. The van der Waals surface area contributed by atoms with Crippen molar-refractivity contribution >= 4 is 15.9 Å². The quantitative estimate of drug-likeness (QED) is 0.769. The van der Waals surface area contributed by atoms with Gasteiger partial charge in [-0.25, -0.2) is 0 Å². The normalized spacial score (nSPS) is 12.6.